The predicted molar refractivity (Wildman–Crippen MR) is 109 cm³/mol. The minimum atomic E-state index is -0.323. The molecule has 0 saturated carbocycles. The van der Waals surface area contributed by atoms with Crippen molar-refractivity contribution in [2.24, 2.45) is 17.8 Å². The second kappa shape index (κ2) is 10.0. The lowest BCUT2D eigenvalue weighted by molar-refractivity contribution is -0.117. The van der Waals surface area contributed by atoms with Gasteiger partial charge in [0.05, 0.1) is 11.7 Å². The summed E-state index contributed by atoms with van der Waals surface area (Å²) in [5.41, 5.74) is 0.451. The van der Waals surface area contributed by atoms with Crippen LogP contribution in [0, 0.1) is 17.8 Å². The molecule has 1 saturated heterocycles. The summed E-state index contributed by atoms with van der Waals surface area (Å²) in [6.45, 7) is 5.47. The minimum Gasteiger partial charge on any atom is -0.459 e. The number of aromatic nitrogens is 2. The third-order valence-corrected chi connectivity index (χ3v) is 6.46. The summed E-state index contributed by atoms with van der Waals surface area (Å²) in [5, 5.41) is 3.98. The Morgan fingerprint density at radius 3 is 2.54 bits per heavy atom. The highest BCUT2D eigenvalue weighted by Gasteiger charge is 2.42. The van der Waals surface area contributed by atoms with Crippen molar-refractivity contribution in [3.05, 3.63) is 54.4 Å². The molecule has 1 aliphatic heterocycles. The monoisotopic (exact) mass is 401 g/mol. The number of nitrogens with zero attached hydrogens (tertiary/aromatic N) is 2. The maximum atomic E-state index is 12.3. The average molecular weight is 402 g/mol. The zero-order valence-corrected chi connectivity index (χ0v) is 17.3. The van der Waals surface area contributed by atoms with Gasteiger partial charge in [-0.1, -0.05) is 43.8 Å². The Balaban J connectivity index is 1.68. The van der Waals surface area contributed by atoms with Crippen LogP contribution >= 0.6 is 11.8 Å². The van der Waals surface area contributed by atoms with Crippen molar-refractivity contribution in [2.45, 2.75) is 30.5 Å². The lowest BCUT2D eigenvalue weighted by Crippen LogP contribution is -2.49. The first-order chi connectivity index (χ1) is 13.6. The molecule has 2 heterocycles. The van der Waals surface area contributed by atoms with Crippen LogP contribution in [0.4, 0.5) is 0 Å². The van der Waals surface area contributed by atoms with Crippen LogP contribution in [0.3, 0.4) is 0 Å². The molecule has 2 aromatic rings. The van der Waals surface area contributed by atoms with Gasteiger partial charge >= 0.3 is 5.97 Å². The summed E-state index contributed by atoms with van der Waals surface area (Å²) in [5.74, 6) is 0.619. The summed E-state index contributed by atoms with van der Waals surface area (Å²) >= 11 is 1.53. The van der Waals surface area contributed by atoms with E-state index in [9.17, 15) is 4.79 Å². The molecule has 3 rings (SSSR count). The second-order valence-corrected chi connectivity index (χ2v) is 8.16. The maximum absolute atomic E-state index is 12.3. The van der Waals surface area contributed by atoms with Crippen LogP contribution in [0.1, 0.15) is 24.2 Å². The molecule has 1 aromatic heterocycles. The molecule has 0 radical (unpaired) electrons. The SMILES string of the molecule is CNC[C@@H]1C(C)C(Sc2ncccn2)OC(COC(=O)c2ccccc2)[C@H]1C. The van der Waals surface area contributed by atoms with Crippen molar-refractivity contribution in [1.29, 1.82) is 0 Å². The summed E-state index contributed by atoms with van der Waals surface area (Å²) < 4.78 is 11.9. The first-order valence-electron chi connectivity index (χ1n) is 9.56. The Bertz CT molecular complexity index is 747. The summed E-state index contributed by atoms with van der Waals surface area (Å²) in [7, 11) is 1.96. The van der Waals surface area contributed by atoms with Crippen molar-refractivity contribution in [3.63, 3.8) is 0 Å². The first-order valence-corrected chi connectivity index (χ1v) is 10.4. The molecule has 1 aliphatic rings. The van der Waals surface area contributed by atoms with Crippen molar-refractivity contribution < 1.29 is 14.3 Å². The Labute approximate surface area is 170 Å². The Hall–Kier alpha value is -1.96. The van der Waals surface area contributed by atoms with Gasteiger partial charge < -0.3 is 14.8 Å². The summed E-state index contributed by atoms with van der Waals surface area (Å²) in [4.78, 5) is 20.9. The van der Waals surface area contributed by atoms with Crippen LogP contribution in [0.2, 0.25) is 0 Å². The first kappa shape index (κ1) is 20.8. The van der Waals surface area contributed by atoms with Gasteiger partial charge in [0.1, 0.15) is 12.0 Å². The quantitative estimate of drug-likeness (QED) is 0.564. The van der Waals surface area contributed by atoms with E-state index in [2.05, 4.69) is 29.1 Å². The number of ether oxygens (including phenoxy) is 2. The van der Waals surface area contributed by atoms with Gasteiger partial charge in [-0.25, -0.2) is 14.8 Å². The number of hydrogen-bond acceptors (Lipinski definition) is 7. The van der Waals surface area contributed by atoms with Gasteiger partial charge in [-0.2, -0.15) is 0 Å². The Morgan fingerprint density at radius 1 is 1.14 bits per heavy atom. The molecule has 1 fully saturated rings. The van der Waals surface area contributed by atoms with Crippen LogP contribution in [0.15, 0.2) is 53.9 Å². The van der Waals surface area contributed by atoms with E-state index >= 15 is 0 Å². The molecule has 0 aliphatic carbocycles. The molecule has 0 spiro atoms. The molecular weight excluding hydrogens is 374 g/mol. The van der Waals surface area contributed by atoms with Gasteiger partial charge in [-0.05, 0) is 49.5 Å². The molecule has 28 heavy (non-hydrogen) atoms. The van der Waals surface area contributed by atoms with E-state index in [1.165, 1.54) is 11.8 Å². The van der Waals surface area contributed by atoms with E-state index in [4.69, 9.17) is 9.47 Å². The van der Waals surface area contributed by atoms with Crippen LogP contribution in [0.25, 0.3) is 0 Å². The lowest BCUT2D eigenvalue weighted by Gasteiger charge is -2.44. The van der Waals surface area contributed by atoms with Crippen LogP contribution in [-0.4, -0.2) is 47.7 Å². The molecule has 1 aromatic carbocycles. The third kappa shape index (κ3) is 5.10. The summed E-state index contributed by atoms with van der Waals surface area (Å²) in [6.07, 6.45) is 3.29. The number of hydrogen-bond donors (Lipinski definition) is 1. The van der Waals surface area contributed by atoms with Crippen LogP contribution < -0.4 is 5.32 Å². The molecule has 6 nitrogen and oxygen atoms in total. The normalized spacial score (nSPS) is 27.3. The van der Waals surface area contributed by atoms with E-state index in [1.807, 2.05) is 25.2 Å². The fourth-order valence-electron chi connectivity index (χ4n) is 3.58. The zero-order chi connectivity index (χ0) is 19.9. The van der Waals surface area contributed by atoms with Gasteiger partial charge in [-0.15, -0.1) is 0 Å². The maximum Gasteiger partial charge on any atom is 0.338 e. The second-order valence-electron chi connectivity index (χ2n) is 7.10. The molecule has 5 atom stereocenters. The number of nitrogens with one attached hydrogen (secondary N) is 1. The lowest BCUT2D eigenvalue weighted by atomic mass is 9.78. The van der Waals surface area contributed by atoms with Gasteiger partial charge in [0.2, 0.25) is 0 Å². The standard InChI is InChI=1S/C21H27N3O3S/c1-14-17(12-22-3)15(2)20(28-21-23-10-7-11-24-21)27-18(14)13-26-19(25)16-8-5-4-6-9-16/h4-11,14-15,17-18,20,22H,12-13H2,1-3H3/t14-,15?,17-,18?,20?/m0/s1. The van der Waals surface area contributed by atoms with Gasteiger partial charge in [0.15, 0.2) is 5.16 Å². The Morgan fingerprint density at radius 2 is 1.86 bits per heavy atom. The van der Waals surface area contributed by atoms with Crippen molar-refractivity contribution in [1.82, 2.24) is 15.3 Å². The van der Waals surface area contributed by atoms with Crippen LogP contribution in [-0.2, 0) is 9.47 Å². The third-order valence-electron chi connectivity index (χ3n) is 5.27. The fourth-order valence-corrected chi connectivity index (χ4v) is 4.64. The predicted octanol–water partition coefficient (Wildman–Crippen LogP) is 3.26. The highest BCUT2D eigenvalue weighted by atomic mass is 32.2. The van der Waals surface area contributed by atoms with E-state index < -0.39 is 0 Å². The molecule has 0 bridgehead atoms. The molecule has 0 amide bonds. The Kier molecular flexibility index (Phi) is 7.42. The van der Waals surface area contributed by atoms with E-state index in [0.29, 0.717) is 22.6 Å². The number of carbonyl (C=O) groups excluding carboxylic acids is 1. The number of thioether (sulfide) groups is 1. The van der Waals surface area contributed by atoms with Crippen molar-refractivity contribution in [2.75, 3.05) is 20.2 Å². The van der Waals surface area contributed by atoms with Gasteiger partial charge in [-0.3, -0.25) is 0 Å². The smallest absolute Gasteiger partial charge is 0.338 e. The number of esters is 1. The van der Waals surface area contributed by atoms with Gasteiger partial charge in [0, 0.05) is 12.4 Å². The highest BCUT2D eigenvalue weighted by molar-refractivity contribution is 7.99. The molecular formula is C21H27N3O3S. The summed E-state index contributed by atoms with van der Waals surface area (Å²) in [6, 6.07) is 10.8. The zero-order valence-electron chi connectivity index (χ0n) is 16.4. The molecule has 1 N–H and O–H groups in total. The van der Waals surface area contributed by atoms with Crippen molar-refractivity contribution >= 4 is 17.7 Å². The van der Waals surface area contributed by atoms with Crippen molar-refractivity contribution in [3.8, 4) is 0 Å². The average Bonchev–Trinajstić information content (AvgIpc) is 2.73. The number of benzene rings is 1. The fraction of sp³-hybridized carbons (Fsp3) is 0.476. The van der Waals surface area contributed by atoms with E-state index in [0.717, 1.165) is 6.54 Å². The highest BCUT2D eigenvalue weighted by Crippen LogP contribution is 2.41. The topological polar surface area (TPSA) is 73.3 Å². The molecule has 3 unspecified atom stereocenters. The molecule has 7 heteroatoms. The minimum absolute atomic E-state index is 0.0997. The number of carbonyl (C=O) groups is 1. The van der Waals surface area contributed by atoms with E-state index in [-0.39, 0.29) is 30.0 Å². The van der Waals surface area contributed by atoms with Crippen LogP contribution in [0.5, 0.6) is 0 Å². The largest absolute Gasteiger partial charge is 0.459 e. The van der Waals surface area contributed by atoms with E-state index in [1.54, 1.807) is 30.6 Å². The van der Waals surface area contributed by atoms with Gasteiger partial charge in [0.25, 0.3) is 0 Å². The molecule has 150 valence electrons. The number of rotatable bonds is 7.